The molecule has 1 N–H and O–H groups in total. The van der Waals surface area contributed by atoms with Gasteiger partial charge in [-0.15, -0.1) is 0 Å². The Balaban J connectivity index is 2.47. The van der Waals surface area contributed by atoms with Crippen LogP contribution in [-0.4, -0.2) is 29.7 Å². The lowest BCUT2D eigenvalue weighted by molar-refractivity contribution is -0.148. The van der Waals surface area contributed by atoms with Crippen LogP contribution in [0.15, 0.2) is 12.2 Å². The van der Waals surface area contributed by atoms with Crippen molar-refractivity contribution in [1.82, 2.24) is 0 Å². The molecule has 0 aromatic heterocycles. The van der Waals surface area contributed by atoms with Crippen molar-refractivity contribution in [2.24, 2.45) is 0 Å². The van der Waals surface area contributed by atoms with Crippen LogP contribution in [0.25, 0.3) is 0 Å². The van der Waals surface area contributed by atoms with Gasteiger partial charge in [-0.25, -0.2) is 0 Å². The van der Waals surface area contributed by atoms with Gasteiger partial charge in [0.05, 0.1) is 12.7 Å². The van der Waals surface area contributed by atoms with Gasteiger partial charge >= 0.3 is 0 Å². The maximum absolute atomic E-state index is 9.10. The second-order valence-electron chi connectivity index (χ2n) is 4.01. The van der Waals surface area contributed by atoms with E-state index < -0.39 is 5.79 Å². The Bertz CT molecular complexity index is 199. The lowest BCUT2D eigenvalue weighted by Gasteiger charge is -2.16. The first-order valence-electron chi connectivity index (χ1n) is 5.20. The van der Waals surface area contributed by atoms with Gasteiger partial charge in [0.15, 0.2) is 5.79 Å². The van der Waals surface area contributed by atoms with Crippen LogP contribution in [0.4, 0.5) is 0 Å². The molecule has 0 saturated carbocycles. The molecule has 2 atom stereocenters. The highest BCUT2D eigenvalue weighted by molar-refractivity contribution is 4.90. The van der Waals surface area contributed by atoms with E-state index in [0.717, 1.165) is 12.8 Å². The number of rotatable bonds is 4. The minimum atomic E-state index is -0.557. The molecule has 3 heteroatoms. The van der Waals surface area contributed by atoms with E-state index in [4.69, 9.17) is 14.6 Å². The Kier molecular flexibility index (Phi) is 4.11. The summed E-state index contributed by atoms with van der Waals surface area (Å²) in [5.41, 5.74) is 0. The Morgan fingerprint density at radius 1 is 1.21 bits per heavy atom. The van der Waals surface area contributed by atoms with Gasteiger partial charge in [0.1, 0.15) is 6.10 Å². The van der Waals surface area contributed by atoms with E-state index in [-0.39, 0.29) is 18.8 Å². The van der Waals surface area contributed by atoms with Crippen LogP contribution >= 0.6 is 0 Å². The number of hydrogen-bond acceptors (Lipinski definition) is 3. The summed E-state index contributed by atoms with van der Waals surface area (Å²) in [6, 6.07) is 0. The molecule has 1 heterocycles. The normalized spacial score (nSPS) is 31.4. The molecule has 82 valence electrons. The summed E-state index contributed by atoms with van der Waals surface area (Å²) in [5.74, 6) is -0.557. The highest BCUT2D eigenvalue weighted by atomic mass is 16.8. The molecule has 0 radical (unpaired) electrons. The molecule has 0 aromatic carbocycles. The smallest absolute Gasteiger partial charge is 0.163 e. The van der Waals surface area contributed by atoms with Crippen LogP contribution in [0.1, 0.15) is 33.6 Å². The van der Waals surface area contributed by atoms with Crippen molar-refractivity contribution < 1.29 is 14.6 Å². The van der Waals surface area contributed by atoms with Crippen LogP contribution in [0, 0.1) is 0 Å². The Labute approximate surface area is 85.7 Å². The van der Waals surface area contributed by atoms with Gasteiger partial charge in [0.25, 0.3) is 0 Å². The fourth-order valence-corrected chi connectivity index (χ4v) is 1.66. The zero-order chi connectivity index (χ0) is 10.6. The van der Waals surface area contributed by atoms with Crippen LogP contribution in [0.2, 0.25) is 0 Å². The average Bonchev–Trinajstić information content (AvgIpc) is 2.41. The Morgan fingerprint density at radius 2 is 1.86 bits per heavy atom. The third-order valence-corrected chi connectivity index (χ3v) is 2.24. The average molecular weight is 200 g/mol. The first-order valence-corrected chi connectivity index (χ1v) is 5.20. The summed E-state index contributed by atoms with van der Waals surface area (Å²) in [6.45, 7) is 5.86. The molecular formula is C11H20O3. The standard InChI is InChI=1S/C11H20O3/c1-4-5-6-7-9-10(8-12)14-11(2,3)13-9/h5-6,9-10,12H,4,7-8H2,1-3H3/b6-5+/t9-,10+/m1/s1. The number of allylic oxidation sites excluding steroid dienone is 1. The second-order valence-corrected chi connectivity index (χ2v) is 4.01. The summed E-state index contributed by atoms with van der Waals surface area (Å²) in [5, 5.41) is 9.10. The monoisotopic (exact) mass is 200 g/mol. The minimum Gasteiger partial charge on any atom is -0.394 e. The zero-order valence-electron chi connectivity index (χ0n) is 9.19. The molecule has 0 aliphatic carbocycles. The molecule has 0 amide bonds. The van der Waals surface area contributed by atoms with Gasteiger partial charge in [0, 0.05) is 0 Å². The molecule has 3 nitrogen and oxygen atoms in total. The van der Waals surface area contributed by atoms with Crippen LogP contribution in [0.3, 0.4) is 0 Å². The highest BCUT2D eigenvalue weighted by Crippen LogP contribution is 2.29. The summed E-state index contributed by atoms with van der Waals surface area (Å²) in [7, 11) is 0. The third kappa shape index (κ3) is 3.08. The maximum Gasteiger partial charge on any atom is 0.163 e. The highest BCUT2D eigenvalue weighted by Gasteiger charge is 2.39. The molecular weight excluding hydrogens is 180 g/mol. The quantitative estimate of drug-likeness (QED) is 0.704. The number of ether oxygens (including phenoxy) is 2. The maximum atomic E-state index is 9.10. The van der Waals surface area contributed by atoms with Crippen molar-refractivity contribution in [2.75, 3.05) is 6.61 Å². The van der Waals surface area contributed by atoms with E-state index in [1.54, 1.807) is 0 Å². The van der Waals surface area contributed by atoms with E-state index in [1.807, 2.05) is 13.8 Å². The Hall–Kier alpha value is -0.380. The Morgan fingerprint density at radius 3 is 2.43 bits per heavy atom. The van der Waals surface area contributed by atoms with Gasteiger partial charge in [-0.3, -0.25) is 0 Å². The number of aliphatic hydroxyl groups excluding tert-OH is 1. The van der Waals surface area contributed by atoms with E-state index in [9.17, 15) is 0 Å². The molecule has 1 fully saturated rings. The van der Waals surface area contributed by atoms with Crippen LogP contribution in [0.5, 0.6) is 0 Å². The number of aliphatic hydroxyl groups is 1. The van der Waals surface area contributed by atoms with Gasteiger partial charge in [-0.1, -0.05) is 19.1 Å². The summed E-state index contributed by atoms with van der Waals surface area (Å²) >= 11 is 0. The van der Waals surface area contributed by atoms with Gasteiger partial charge < -0.3 is 14.6 Å². The van der Waals surface area contributed by atoms with Gasteiger partial charge in [-0.05, 0) is 26.7 Å². The lowest BCUT2D eigenvalue weighted by Crippen LogP contribution is -2.25. The van der Waals surface area contributed by atoms with Crippen LogP contribution < -0.4 is 0 Å². The van der Waals surface area contributed by atoms with Crippen molar-refractivity contribution in [3.63, 3.8) is 0 Å². The molecule has 1 rings (SSSR count). The predicted octanol–water partition coefficient (Wildman–Crippen LogP) is 1.86. The molecule has 0 bridgehead atoms. The minimum absolute atomic E-state index is 0.0159. The fraction of sp³-hybridized carbons (Fsp3) is 0.818. The molecule has 14 heavy (non-hydrogen) atoms. The van der Waals surface area contributed by atoms with Crippen LogP contribution in [-0.2, 0) is 9.47 Å². The van der Waals surface area contributed by atoms with E-state index in [2.05, 4.69) is 19.1 Å². The molecule has 0 aromatic rings. The summed E-state index contributed by atoms with van der Waals surface area (Å²) in [4.78, 5) is 0. The molecule has 0 spiro atoms. The van der Waals surface area contributed by atoms with E-state index >= 15 is 0 Å². The lowest BCUT2D eigenvalue weighted by atomic mass is 10.1. The van der Waals surface area contributed by atoms with Crippen molar-refractivity contribution in [3.8, 4) is 0 Å². The van der Waals surface area contributed by atoms with Gasteiger partial charge in [-0.2, -0.15) is 0 Å². The molecule has 1 saturated heterocycles. The molecule has 1 aliphatic heterocycles. The second kappa shape index (κ2) is 4.91. The van der Waals surface area contributed by atoms with E-state index in [1.165, 1.54) is 0 Å². The topological polar surface area (TPSA) is 38.7 Å². The summed E-state index contributed by atoms with van der Waals surface area (Å²) < 4.78 is 11.2. The fourth-order valence-electron chi connectivity index (χ4n) is 1.66. The van der Waals surface area contributed by atoms with E-state index in [0.29, 0.717) is 0 Å². The zero-order valence-corrected chi connectivity index (χ0v) is 9.19. The number of hydrogen-bond donors (Lipinski definition) is 1. The van der Waals surface area contributed by atoms with Crippen molar-refractivity contribution in [1.29, 1.82) is 0 Å². The van der Waals surface area contributed by atoms with Gasteiger partial charge in [0.2, 0.25) is 0 Å². The molecule has 0 unspecified atom stereocenters. The first kappa shape index (κ1) is 11.7. The predicted molar refractivity (Wildman–Crippen MR) is 55.0 cm³/mol. The van der Waals surface area contributed by atoms with Crippen molar-refractivity contribution in [3.05, 3.63) is 12.2 Å². The largest absolute Gasteiger partial charge is 0.394 e. The summed E-state index contributed by atoms with van der Waals surface area (Å²) in [6.07, 6.45) is 5.81. The van der Waals surface area contributed by atoms with Crippen molar-refractivity contribution in [2.45, 2.75) is 51.6 Å². The third-order valence-electron chi connectivity index (χ3n) is 2.24. The molecule has 1 aliphatic rings. The first-order chi connectivity index (χ1) is 6.59. The van der Waals surface area contributed by atoms with Crippen molar-refractivity contribution >= 4 is 0 Å². The SMILES string of the molecule is CC/C=C/C[C@H]1OC(C)(C)O[C@H]1CO.